The van der Waals surface area contributed by atoms with Crippen LogP contribution in [0.2, 0.25) is 0 Å². The highest BCUT2D eigenvalue weighted by Crippen LogP contribution is 2.32. The van der Waals surface area contributed by atoms with E-state index in [1.54, 1.807) is 0 Å². The van der Waals surface area contributed by atoms with Gasteiger partial charge in [-0.1, -0.05) is 0 Å². The van der Waals surface area contributed by atoms with Gasteiger partial charge < -0.3 is 15.8 Å². The molecule has 0 aromatic heterocycles. The predicted octanol–water partition coefficient (Wildman–Crippen LogP) is 2.29. The Morgan fingerprint density at radius 2 is 2.26 bits per heavy atom. The highest BCUT2D eigenvalue weighted by molar-refractivity contribution is 5.92. The molecule has 1 aromatic carbocycles. The molecule has 1 amide bonds. The third kappa shape index (κ3) is 4.52. The summed E-state index contributed by atoms with van der Waals surface area (Å²) in [7, 11) is 0. The highest BCUT2D eigenvalue weighted by atomic mass is 19.1. The van der Waals surface area contributed by atoms with E-state index in [9.17, 15) is 9.18 Å². The van der Waals surface area contributed by atoms with Crippen molar-refractivity contribution in [2.24, 2.45) is 11.7 Å². The van der Waals surface area contributed by atoms with E-state index in [4.69, 9.17) is 10.5 Å². The monoisotopic (exact) mass is 266 g/mol. The van der Waals surface area contributed by atoms with Gasteiger partial charge in [0.25, 0.3) is 0 Å². The smallest absolute Gasteiger partial charge is 0.224 e. The van der Waals surface area contributed by atoms with Crippen LogP contribution in [0.25, 0.3) is 0 Å². The first kappa shape index (κ1) is 13.8. The van der Waals surface area contributed by atoms with Crippen LogP contribution in [-0.4, -0.2) is 19.1 Å². The summed E-state index contributed by atoms with van der Waals surface area (Å²) in [5.74, 6) is 0.469. The van der Waals surface area contributed by atoms with E-state index in [1.807, 2.05) is 0 Å². The molecule has 0 heterocycles. The molecule has 104 valence electrons. The second-order valence-corrected chi connectivity index (χ2v) is 4.84. The number of halogens is 1. The topological polar surface area (TPSA) is 64.4 Å². The van der Waals surface area contributed by atoms with Crippen LogP contribution in [0.3, 0.4) is 0 Å². The molecule has 0 aliphatic heterocycles. The Bertz CT molecular complexity index is 447. The Morgan fingerprint density at radius 1 is 1.47 bits per heavy atom. The lowest BCUT2D eigenvalue weighted by Crippen LogP contribution is -2.14. The third-order valence-electron chi connectivity index (χ3n) is 3.00. The van der Waals surface area contributed by atoms with Gasteiger partial charge in [0.05, 0.1) is 12.3 Å². The summed E-state index contributed by atoms with van der Waals surface area (Å²) in [6.45, 7) is 1.05. The molecule has 19 heavy (non-hydrogen) atoms. The van der Waals surface area contributed by atoms with E-state index < -0.39 is 0 Å². The summed E-state index contributed by atoms with van der Waals surface area (Å²) in [6.07, 6.45) is 3.31. The number of nitrogens with two attached hydrogens (primary N) is 1. The van der Waals surface area contributed by atoms with Gasteiger partial charge in [-0.3, -0.25) is 4.79 Å². The van der Waals surface area contributed by atoms with E-state index in [0.29, 0.717) is 43.3 Å². The average molecular weight is 266 g/mol. The van der Waals surface area contributed by atoms with Crippen LogP contribution in [0.5, 0.6) is 5.75 Å². The van der Waals surface area contributed by atoms with Crippen LogP contribution in [0.1, 0.15) is 25.7 Å². The highest BCUT2D eigenvalue weighted by Gasteiger charge is 2.22. The van der Waals surface area contributed by atoms with Gasteiger partial charge in [0, 0.05) is 12.5 Å². The molecule has 1 fully saturated rings. The van der Waals surface area contributed by atoms with Gasteiger partial charge in [0.1, 0.15) is 11.6 Å². The van der Waals surface area contributed by atoms with Crippen molar-refractivity contribution in [3.8, 4) is 5.75 Å². The number of rotatable bonds is 7. The minimum Gasteiger partial charge on any atom is -0.491 e. The number of carbonyl (C=O) groups excluding carboxylic acids is 1. The summed E-state index contributed by atoms with van der Waals surface area (Å²) in [6, 6.07) is 4.14. The molecular formula is C14H19FN2O2. The van der Waals surface area contributed by atoms with Crippen LogP contribution in [0.15, 0.2) is 18.2 Å². The fourth-order valence-electron chi connectivity index (χ4n) is 1.69. The molecule has 5 heteroatoms. The zero-order valence-corrected chi connectivity index (χ0v) is 10.8. The van der Waals surface area contributed by atoms with E-state index >= 15 is 0 Å². The van der Waals surface area contributed by atoms with E-state index in [-0.39, 0.29) is 11.7 Å². The quantitative estimate of drug-likeness (QED) is 0.796. The number of nitrogens with one attached hydrogen (secondary N) is 1. The van der Waals surface area contributed by atoms with Gasteiger partial charge in [0.2, 0.25) is 5.91 Å². The van der Waals surface area contributed by atoms with E-state index in [0.717, 1.165) is 12.8 Å². The second-order valence-electron chi connectivity index (χ2n) is 4.84. The number of hydrogen-bond acceptors (Lipinski definition) is 3. The Labute approximate surface area is 112 Å². The summed E-state index contributed by atoms with van der Waals surface area (Å²) in [5, 5.41) is 2.73. The molecule has 0 bridgehead atoms. The first-order valence-corrected chi connectivity index (χ1v) is 6.61. The normalized spacial score (nSPS) is 14.2. The number of amides is 1. The van der Waals surface area contributed by atoms with Crippen molar-refractivity contribution in [1.82, 2.24) is 0 Å². The van der Waals surface area contributed by atoms with Crippen molar-refractivity contribution in [3.05, 3.63) is 24.0 Å². The zero-order chi connectivity index (χ0) is 13.7. The summed E-state index contributed by atoms with van der Waals surface area (Å²) in [5.41, 5.74) is 5.87. The largest absolute Gasteiger partial charge is 0.491 e. The molecule has 0 unspecified atom stereocenters. The Balaban J connectivity index is 1.98. The minimum atomic E-state index is -0.370. The van der Waals surface area contributed by atoms with Crippen molar-refractivity contribution < 1.29 is 13.9 Å². The van der Waals surface area contributed by atoms with Crippen LogP contribution in [0, 0.1) is 11.7 Å². The maximum absolute atomic E-state index is 13.2. The molecule has 0 radical (unpaired) electrons. The molecule has 3 N–H and O–H groups in total. The van der Waals surface area contributed by atoms with Crippen LogP contribution < -0.4 is 15.8 Å². The van der Waals surface area contributed by atoms with Crippen molar-refractivity contribution in [2.45, 2.75) is 25.7 Å². The molecule has 1 aliphatic rings. The van der Waals surface area contributed by atoms with Crippen molar-refractivity contribution >= 4 is 11.6 Å². The number of carbonyl (C=O) groups is 1. The van der Waals surface area contributed by atoms with Gasteiger partial charge in [-0.05, 0) is 43.9 Å². The molecule has 4 nitrogen and oxygen atoms in total. The van der Waals surface area contributed by atoms with Crippen molar-refractivity contribution in [3.63, 3.8) is 0 Å². The third-order valence-corrected chi connectivity index (χ3v) is 3.00. The summed E-state index contributed by atoms with van der Waals surface area (Å²) < 4.78 is 18.8. The number of ether oxygens (including phenoxy) is 1. The number of anilines is 1. The Hall–Kier alpha value is -1.62. The van der Waals surface area contributed by atoms with Gasteiger partial charge in [-0.25, -0.2) is 4.39 Å². The van der Waals surface area contributed by atoms with Crippen LogP contribution in [-0.2, 0) is 4.79 Å². The molecule has 0 spiro atoms. The average Bonchev–Trinajstić information content (AvgIpc) is 3.20. The SMILES string of the molecule is NCCCC(=O)Nc1ccc(F)cc1OCC1CC1. The first-order chi connectivity index (χ1) is 9.19. The molecule has 1 aromatic rings. The standard InChI is InChI=1S/C14H19FN2O2/c15-11-5-6-12(17-14(18)2-1-7-16)13(8-11)19-9-10-3-4-10/h5-6,8,10H,1-4,7,9,16H2,(H,17,18). The van der Waals surface area contributed by atoms with Crippen LogP contribution in [0.4, 0.5) is 10.1 Å². The number of hydrogen-bond donors (Lipinski definition) is 2. The van der Waals surface area contributed by atoms with Crippen molar-refractivity contribution in [2.75, 3.05) is 18.5 Å². The summed E-state index contributed by atoms with van der Waals surface area (Å²) >= 11 is 0. The van der Waals surface area contributed by atoms with Gasteiger partial charge >= 0.3 is 0 Å². The van der Waals surface area contributed by atoms with Gasteiger partial charge in [-0.15, -0.1) is 0 Å². The second kappa shape index (κ2) is 6.52. The van der Waals surface area contributed by atoms with Crippen LogP contribution >= 0.6 is 0 Å². The minimum absolute atomic E-state index is 0.131. The zero-order valence-electron chi connectivity index (χ0n) is 10.8. The Kier molecular flexibility index (Phi) is 4.74. The molecule has 2 rings (SSSR count). The fourth-order valence-corrected chi connectivity index (χ4v) is 1.69. The fraction of sp³-hybridized carbons (Fsp3) is 0.500. The first-order valence-electron chi connectivity index (χ1n) is 6.61. The molecule has 0 atom stereocenters. The Morgan fingerprint density at radius 3 is 2.95 bits per heavy atom. The maximum Gasteiger partial charge on any atom is 0.224 e. The van der Waals surface area contributed by atoms with E-state index in [1.165, 1.54) is 18.2 Å². The molecule has 0 saturated heterocycles. The number of benzene rings is 1. The van der Waals surface area contributed by atoms with Gasteiger partial charge in [0.15, 0.2) is 0 Å². The van der Waals surface area contributed by atoms with Crippen molar-refractivity contribution in [1.29, 1.82) is 0 Å². The maximum atomic E-state index is 13.2. The van der Waals surface area contributed by atoms with E-state index in [2.05, 4.69) is 5.32 Å². The molecular weight excluding hydrogens is 247 g/mol. The summed E-state index contributed by atoms with van der Waals surface area (Å²) in [4.78, 5) is 11.6. The predicted molar refractivity (Wildman–Crippen MR) is 71.5 cm³/mol. The molecule has 1 aliphatic carbocycles. The lowest BCUT2D eigenvalue weighted by molar-refractivity contribution is -0.116. The molecule has 1 saturated carbocycles. The lowest BCUT2D eigenvalue weighted by Gasteiger charge is -2.12. The van der Waals surface area contributed by atoms with Gasteiger partial charge in [-0.2, -0.15) is 0 Å². The lowest BCUT2D eigenvalue weighted by atomic mass is 10.2.